The van der Waals surface area contributed by atoms with Gasteiger partial charge in [-0.2, -0.15) is 0 Å². The highest BCUT2D eigenvalue weighted by Gasteiger charge is 2.16. The Balaban J connectivity index is 1.58. The van der Waals surface area contributed by atoms with E-state index in [4.69, 9.17) is 5.11 Å². The second-order valence-corrected chi connectivity index (χ2v) is 5.63. The van der Waals surface area contributed by atoms with E-state index in [1.54, 1.807) is 0 Å². The number of carboxylic acids is 1. The summed E-state index contributed by atoms with van der Waals surface area (Å²) in [4.78, 5) is 30.7. The molecule has 1 amide bonds. The number of nitrogens with one attached hydrogen (secondary N) is 1. The van der Waals surface area contributed by atoms with Crippen molar-refractivity contribution in [2.45, 2.75) is 19.3 Å². The van der Waals surface area contributed by atoms with Gasteiger partial charge in [0.25, 0.3) is 0 Å². The zero-order valence-electron chi connectivity index (χ0n) is 13.3. The maximum Gasteiger partial charge on any atom is 0.305 e. The summed E-state index contributed by atoms with van der Waals surface area (Å²) in [6.45, 7) is 5.05. The molecular weight excluding hydrogens is 296 g/mol. The van der Waals surface area contributed by atoms with Gasteiger partial charge in [0.1, 0.15) is 0 Å². The molecule has 0 aliphatic carbocycles. The molecule has 0 spiro atoms. The predicted molar refractivity (Wildman–Crippen MR) is 87.4 cm³/mol. The fraction of sp³-hybridized carbons (Fsp3) is 0.562. The van der Waals surface area contributed by atoms with E-state index in [9.17, 15) is 9.59 Å². The monoisotopic (exact) mass is 320 g/mol. The van der Waals surface area contributed by atoms with E-state index in [2.05, 4.69) is 20.1 Å². The summed E-state index contributed by atoms with van der Waals surface area (Å²) in [6, 6.07) is 4.05. The topological polar surface area (TPSA) is 85.8 Å². The minimum absolute atomic E-state index is 0.0251. The number of anilines is 1. The van der Waals surface area contributed by atoms with E-state index in [-0.39, 0.29) is 18.9 Å². The zero-order valence-corrected chi connectivity index (χ0v) is 13.3. The molecule has 2 rings (SSSR count). The van der Waals surface area contributed by atoms with Gasteiger partial charge in [0.2, 0.25) is 5.91 Å². The third-order valence-corrected chi connectivity index (χ3v) is 3.94. The Morgan fingerprint density at radius 3 is 2.48 bits per heavy atom. The fourth-order valence-corrected chi connectivity index (χ4v) is 2.65. The molecule has 1 aliphatic heterocycles. The number of carbonyl (C=O) groups is 2. The standard InChI is InChI=1S/C16H24N4O3/c21-15(18-8-5-16(22)23)2-1-9-19-10-12-20(13-11-19)14-3-6-17-7-4-14/h3-4,6-7H,1-2,5,8-13H2,(H,18,21)(H,22,23). The molecule has 0 radical (unpaired) electrons. The van der Waals surface area contributed by atoms with Gasteiger partial charge < -0.3 is 15.3 Å². The van der Waals surface area contributed by atoms with Crippen molar-refractivity contribution in [3.63, 3.8) is 0 Å². The van der Waals surface area contributed by atoms with Crippen LogP contribution in [0.4, 0.5) is 5.69 Å². The van der Waals surface area contributed by atoms with Gasteiger partial charge in [-0.15, -0.1) is 0 Å². The number of aliphatic carboxylic acids is 1. The minimum Gasteiger partial charge on any atom is -0.481 e. The lowest BCUT2D eigenvalue weighted by Crippen LogP contribution is -2.46. The third-order valence-electron chi connectivity index (χ3n) is 3.94. The lowest BCUT2D eigenvalue weighted by molar-refractivity contribution is -0.136. The van der Waals surface area contributed by atoms with Gasteiger partial charge in [0.15, 0.2) is 0 Å². The first-order chi connectivity index (χ1) is 11.1. The zero-order chi connectivity index (χ0) is 16.5. The van der Waals surface area contributed by atoms with Crippen LogP contribution in [0.2, 0.25) is 0 Å². The van der Waals surface area contributed by atoms with Crippen LogP contribution in [0.5, 0.6) is 0 Å². The number of aromatic nitrogens is 1. The van der Waals surface area contributed by atoms with Crippen molar-refractivity contribution in [2.75, 3.05) is 44.2 Å². The highest BCUT2D eigenvalue weighted by Crippen LogP contribution is 2.14. The van der Waals surface area contributed by atoms with Crippen LogP contribution in [0, 0.1) is 0 Å². The number of carbonyl (C=O) groups excluding carboxylic acids is 1. The van der Waals surface area contributed by atoms with Gasteiger partial charge in [-0.25, -0.2) is 0 Å². The molecule has 126 valence electrons. The Kier molecular flexibility index (Phi) is 6.80. The lowest BCUT2D eigenvalue weighted by atomic mass is 10.2. The second kappa shape index (κ2) is 9.09. The molecule has 1 saturated heterocycles. The van der Waals surface area contributed by atoms with Crippen LogP contribution in [0.25, 0.3) is 0 Å². The molecule has 23 heavy (non-hydrogen) atoms. The van der Waals surface area contributed by atoms with Crippen LogP contribution < -0.4 is 10.2 Å². The molecule has 0 atom stereocenters. The molecule has 1 aliphatic rings. The number of nitrogens with zero attached hydrogens (tertiary/aromatic N) is 3. The molecule has 7 nitrogen and oxygen atoms in total. The van der Waals surface area contributed by atoms with E-state index in [0.717, 1.165) is 39.1 Å². The third kappa shape index (κ3) is 6.23. The summed E-state index contributed by atoms with van der Waals surface area (Å²) < 4.78 is 0. The first-order valence-electron chi connectivity index (χ1n) is 8.01. The Bertz CT molecular complexity index is 501. The maximum atomic E-state index is 11.6. The molecule has 1 aromatic heterocycles. The smallest absolute Gasteiger partial charge is 0.305 e. The molecule has 0 bridgehead atoms. The summed E-state index contributed by atoms with van der Waals surface area (Å²) >= 11 is 0. The molecule has 1 fully saturated rings. The van der Waals surface area contributed by atoms with E-state index in [0.29, 0.717) is 6.42 Å². The van der Waals surface area contributed by atoms with Crippen molar-refractivity contribution < 1.29 is 14.7 Å². The summed E-state index contributed by atoms with van der Waals surface area (Å²) in [5.74, 6) is -0.959. The molecule has 0 aromatic carbocycles. The van der Waals surface area contributed by atoms with Crippen LogP contribution in [0.3, 0.4) is 0 Å². The first-order valence-corrected chi connectivity index (χ1v) is 8.01. The summed E-state index contributed by atoms with van der Waals surface area (Å²) in [5.41, 5.74) is 1.21. The van der Waals surface area contributed by atoms with Crippen molar-refractivity contribution in [3.8, 4) is 0 Å². The van der Waals surface area contributed by atoms with Gasteiger partial charge >= 0.3 is 5.97 Å². The van der Waals surface area contributed by atoms with Crippen LogP contribution in [-0.4, -0.2) is 66.1 Å². The number of rotatable bonds is 8. The quantitative estimate of drug-likeness (QED) is 0.728. The highest BCUT2D eigenvalue weighted by atomic mass is 16.4. The van der Waals surface area contributed by atoms with E-state index >= 15 is 0 Å². The first kappa shape index (κ1) is 17.2. The number of piperazine rings is 1. The summed E-state index contributed by atoms with van der Waals surface area (Å²) in [6.07, 6.45) is 4.84. The summed E-state index contributed by atoms with van der Waals surface area (Å²) in [7, 11) is 0. The van der Waals surface area contributed by atoms with Gasteiger partial charge in [-0.3, -0.25) is 19.5 Å². The average Bonchev–Trinajstić information content (AvgIpc) is 2.56. The molecule has 2 N–H and O–H groups in total. The number of pyridine rings is 1. The Labute approximate surface area is 136 Å². The van der Waals surface area contributed by atoms with Crippen molar-refractivity contribution in [1.29, 1.82) is 0 Å². The van der Waals surface area contributed by atoms with Crippen LogP contribution in [0.15, 0.2) is 24.5 Å². The Hall–Kier alpha value is -2.15. The van der Waals surface area contributed by atoms with Crippen molar-refractivity contribution >= 4 is 17.6 Å². The van der Waals surface area contributed by atoms with E-state index < -0.39 is 5.97 Å². The Morgan fingerprint density at radius 2 is 1.83 bits per heavy atom. The van der Waals surface area contributed by atoms with Crippen LogP contribution >= 0.6 is 0 Å². The molecule has 2 heterocycles. The summed E-state index contributed by atoms with van der Waals surface area (Å²) in [5, 5.41) is 11.1. The number of amides is 1. The Morgan fingerprint density at radius 1 is 1.13 bits per heavy atom. The fourth-order valence-electron chi connectivity index (χ4n) is 2.65. The van der Waals surface area contributed by atoms with E-state index in [1.807, 2.05) is 24.5 Å². The lowest BCUT2D eigenvalue weighted by Gasteiger charge is -2.36. The van der Waals surface area contributed by atoms with Crippen molar-refractivity contribution in [2.24, 2.45) is 0 Å². The second-order valence-electron chi connectivity index (χ2n) is 5.63. The molecule has 0 unspecified atom stereocenters. The number of hydrogen-bond acceptors (Lipinski definition) is 5. The molecular formula is C16H24N4O3. The number of carboxylic acid groups (broad SMARTS) is 1. The van der Waals surface area contributed by atoms with Crippen LogP contribution in [0.1, 0.15) is 19.3 Å². The van der Waals surface area contributed by atoms with Gasteiger partial charge in [0, 0.05) is 57.2 Å². The highest BCUT2D eigenvalue weighted by molar-refractivity contribution is 5.76. The minimum atomic E-state index is -0.891. The normalized spacial score (nSPS) is 15.4. The van der Waals surface area contributed by atoms with Gasteiger partial charge in [0.05, 0.1) is 6.42 Å². The molecule has 1 aromatic rings. The SMILES string of the molecule is O=C(O)CCNC(=O)CCCN1CCN(c2ccncc2)CC1. The average molecular weight is 320 g/mol. The van der Waals surface area contributed by atoms with Gasteiger partial charge in [-0.05, 0) is 25.1 Å². The van der Waals surface area contributed by atoms with Gasteiger partial charge in [-0.1, -0.05) is 0 Å². The van der Waals surface area contributed by atoms with Crippen molar-refractivity contribution in [3.05, 3.63) is 24.5 Å². The molecule has 7 heteroatoms. The number of hydrogen-bond donors (Lipinski definition) is 2. The largest absolute Gasteiger partial charge is 0.481 e. The maximum absolute atomic E-state index is 11.6. The molecule has 0 saturated carbocycles. The van der Waals surface area contributed by atoms with E-state index in [1.165, 1.54) is 5.69 Å². The predicted octanol–water partition coefficient (Wildman–Crippen LogP) is 0.575. The van der Waals surface area contributed by atoms with Crippen molar-refractivity contribution in [1.82, 2.24) is 15.2 Å². The van der Waals surface area contributed by atoms with Crippen LogP contribution in [-0.2, 0) is 9.59 Å².